The fourth-order valence-electron chi connectivity index (χ4n) is 14.5. The molecular formula is C87H53N5O3. The number of para-hydroxylation sites is 3. The molecule has 0 fully saturated rings. The lowest BCUT2D eigenvalue weighted by atomic mass is 9.99. The van der Waals surface area contributed by atoms with Gasteiger partial charge in [-0.1, -0.05) is 207 Å². The summed E-state index contributed by atoms with van der Waals surface area (Å²) in [6, 6.07) is 103. The molecule has 0 aliphatic rings. The van der Waals surface area contributed by atoms with Gasteiger partial charge in [0.15, 0.2) is 17.5 Å². The number of hydrogen-bond acceptors (Lipinski definition) is 6. The van der Waals surface area contributed by atoms with Gasteiger partial charge in [-0.3, -0.25) is 0 Å². The van der Waals surface area contributed by atoms with Crippen molar-refractivity contribution in [2.75, 3.05) is 0 Å². The summed E-state index contributed by atoms with van der Waals surface area (Å²) in [4.78, 5) is 16.6. The van der Waals surface area contributed by atoms with Crippen molar-refractivity contribution in [1.29, 1.82) is 0 Å². The SMILES string of the molecule is C=C/C=C\c1oc2ccc(-c3ccc4c(c3)c3ccccc3n4-c3cccc(-c4ccccc4)c3)cc2c1-c1nc(-c2cccc3oc4ccccc4c23)nc(-c2cccc3oc4ccc(-c5ccc6c(c5)c5ccccc5n6-c5cccc(-c6ccccc6)c5)cc4c23)n1. The summed E-state index contributed by atoms with van der Waals surface area (Å²) < 4.78 is 24.9. The summed E-state index contributed by atoms with van der Waals surface area (Å²) in [6.45, 7) is 4.06. The van der Waals surface area contributed by atoms with E-state index in [-0.39, 0.29) is 0 Å². The molecule has 0 aliphatic carbocycles. The highest BCUT2D eigenvalue weighted by atomic mass is 16.3. The molecule has 0 saturated heterocycles. The summed E-state index contributed by atoms with van der Waals surface area (Å²) in [7, 11) is 0. The van der Waals surface area contributed by atoms with Gasteiger partial charge in [0.1, 0.15) is 33.7 Å². The second-order valence-electron chi connectivity index (χ2n) is 24.2. The quantitative estimate of drug-likeness (QED) is 0.120. The van der Waals surface area contributed by atoms with E-state index in [9.17, 15) is 0 Å². The lowest BCUT2D eigenvalue weighted by molar-refractivity contribution is 0.605. The Morgan fingerprint density at radius 1 is 0.284 bits per heavy atom. The van der Waals surface area contributed by atoms with Crippen LogP contribution in [0.3, 0.4) is 0 Å². The molecule has 19 rings (SSSR count). The zero-order valence-electron chi connectivity index (χ0n) is 51.1. The Labute approximate surface area is 544 Å². The molecule has 6 heterocycles. The minimum atomic E-state index is 0.440. The fraction of sp³-hybridized carbons (Fsp3) is 0. The van der Waals surface area contributed by atoms with Crippen LogP contribution in [-0.4, -0.2) is 24.1 Å². The van der Waals surface area contributed by atoms with E-state index in [0.29, 0.717) is 34.4 Å². The van der Waals surface area contributed by atoms with Crippen LogP contribution in [0.2, 0.25) is 0 Å². The lowest BCUT2D eigenvalue weighted by Gasteiger charge is -2.11. The number of aromatic nitrogens is 5. The Morgan fingerprint density at radius 3 is 1.24 bits per heavy atom. The monoisotopic (exact) mass is 1220 g/mol. The van der Waals surface area contributed by atoms with Gasteiger partial charge in [0.25, 0.3) is 0 Å². The second kappa shape index (κ2) is 21.6. The van der Waals surface area contributed by atoms with Crippen LogP contribution in [0.25, 0.3) is 195 Å². The van der Waals surface area contributed by atoms with Crippen molar-refractivity contribution in [2.24, 2.45) is 0 Å². The smallest absolute Gasteiger partial charge is 0.168 e. The zero-order chi connectivity index (χ0) is 62.7. The summed E-state index contributed by atoms with van der Waals surface area (Å²) in [5.41, 5.74) is 21.6. The molecule has 0 saturated carbocycles. The maximum absolute atomic E-state index is 6.87. The van der Waals surface area contributed by atoms with Crippen LogP contribution in [0.5, 0.6) is 0 Å². The molecule has 0 N–H and O–H groups in total. The van der Waals surface area contributed by atoms with Crippen LogP contribution in [0, 0.1) is 0 Å². The predicted molar refractivity (Wildman–Crippen MR) is 390 cm³/mol. The van der Waals surface area contributed by atoms with Gasteiger partial charge in [-0.25, -0.2) is 15.0 Å². The molecule has 8 nitrogen and oxygen atoms in total. The molecule has 0 aliphatic heterocycles. The van der Waals surface area contributed by atoms with Crippen molar-refractivity contribution in [3.63, 3.8) is 0 Å². The lowest BCUT2D eigenvalue weighted by Crippen LogP contribution is -2.01. The number of allylic oxidation sites excluding steroid dienone is 2. The zero-order valence-corrected chi connectivity index (χ0v) is 51.1. The molecule has 8 heteroatoms. The second-order valence-corrected chi connectivity index (χ2v) is 24.2. The van der Waals surface area contributed by atoms with Crippen molar-refractivity contribution in [1.82, 2.24) is 24.1 Å². The first-order valence-corrected chi connectivity index (χ1v) is 31.9. The normalized spacial score (nSPS) is 12.0. The van der Waals surface area contributed by atoms with Gasteiger partial charge in [0.05, 0.1) is 27.6 Å². The van der Waals surface area contributed by atoms with Gasteiger partial charge in [-0.05, 0) is 154 Å². The number of rotatable bonds is 11. The topological polar surface area (TPSA) is 88.0 Å². The Bertz CT molecular complexity index is 6380. The van der Waals surface area contributed by atoms with Crippen LogP contribution >= 0.6 is 0 Å². The number of nitrogens with zero attached hydrogens (tertiary/aromatic N) is 5. The molecule has 0 unspecified atom stereocenters. The minimum Gasteiger partial charge on any atom is -0.456 e. The Morgan fingerprint density at radius 2 is 0.684 bits per heavy atom. The molecule has 0 spiro atoms. The Hall–Kier alpha value is -12.9. The first-order valence-electron chi connectivity index (χ1n) is 31.9. The summed E-state index contributed by atoms with van der Waals surface area (Å²) in [6.07, 6.45) is 5.58. The number of fused-ring (bicyclic) bond motifs is 13. The number of hydrogen-bond donors (Lipinski definition) is 0. The molecule has 6 aromatic heterocycles. The predicted octanol–water partition coefficient (Wildman–Crippen LogP) is 23.5. The summed E-state index contributed by atoms with van der Waals surface area (Å²) in [5.74, 6) is 1.97. The fourth-order valence-corrected chi connectivity index (χ4v) is 14.5. The van der Waals surface area contributed by atoms with E-state index < -0.39 is 0 Å². The Kier molecular flexibility index (Phi) is 12.3. The highest BCUT2D eigenvalue weighted by molar-refractivity contribution is 6.16. The van der Waals surface area contributed by atoms with Gasteiger partial charge in [0, 0.05) is 71.0 Å². The molecule has 0 bridgehead atoms. The first-order chi connectivity index (χ1) is 47.0. The van der Waals surface area contributed by atoms with E-state index >= 15 is 0 Å². The number of benzene rings is 13. The van der Waals surface area contributed by atoms with Crippen molar-refractivity contribution in [3.05, 3.63) is 316 Å². The van der Waals surface area contributed by atoms with Crippen molar-refractivity contribution in [2.45, 2.75) is 0 Å². The molecule has 0 amide bonds. The van der Waals surface area contributed by atoms with E-state index in [2.05, 4.69) is 264 Å². The van der Waals surface area contributed by atoms with E-state index in [4.69, 9.17) is 28.2 Å². The largest absolute Gasteiger partial charge is 0.456 e. The third-order valence-corrected chi connectivity index (χ3v) is 18.8. The highest BCUT2D eigenvalue weighted by Gasteiger charge is 2.26. The molecular weight excluding hydrogens is 1160 g/mol. The summed E-state index contributed by atoms with van der Waals surface area (Å²) in [5, 5.41) is 9.22. The standard InChI is InChI=1S/C87H53N5O3/c1-2-3-35-81-84(71-52-60(42-46-78(71)95-81)58-40-44-75-69(50-58)64-29-11-14-34-73(64)92(75)62-27-17-25-56(48-62)54-22-8-5-9-23-54)87-89-85(66-31-18-37-79-82(66)65-30-12-15-36-76(65)93-79)88-86(90-87)67-32-19-38-80-83(67)70-51-59(41-45-77(70)94-80)57-39-43-74-68(49-57)63-28-10-13-33-72(63)91(74)61-26-16-24-55(47-61)53-20-6-4-7-21-53/h2-52H,1H2/b35-3-. The van der Waals surface area contributed by atoms with Gasteiger partial charge in [0.2, 0.25) is 0 Å². The first kappa shape index (κ1) is 53.9. The molecule has 0 radical (unpaired) electrons. The van der Waals surface area contributed by atoms with Crippen LogP contribution in [0.15, 0.2) is 323 Å². The van der Waals surface area contributed by atoms with E-state index in [0.717, 1.165) is 127 Å². The van der Waals surface area contributed by atoms with Gasteiger partial charge in [-0.2, -0.15) is 0 Å². The van der Waals surface area contributed by atoms with Crippen LogP contribution in [0.4, 0.5) is 0 Å². The van der Waals surface area contributed by atoms with E-state index in [1.807, 2.05) is 54.6 Å². The average molecular weight is 1220 g/mol. The van der Waals surface area contributed by atoms with Gasteiger partial charge in [-0.15, -0.1) is 0 Å². The molecule has 444 valence electrons. The van der Waals surface area contributed by atoms with Crippen LogP contribution < -0.4 is 0 Å². The van der Waals surface area contributed by atoms with Crippen LogP contribution in [-0.2, 0) is 0 Å². The summed E-state index contributed by atoms with van der Waals surface area (Å²) >= 11 is 0. The third-order valence-electron chi connectivity index (χ3n) is 18.8. The van der Waals surface area contributed by atoms with Gasteiger partial charge < -0.3 is 22.4 Å². The van der Waals surface area contributed by atoms with Crippen LogP contribution in [0.1, 0.15) is 5.76 Å². The molecule has 13 aromatic carbocycles. The molecule has 0 atom stereocenters. The van der Waals surface area contributed by atoms with Crippen molar-refractivity contribution < 1.29 is 13.3 Å². The average Bonchev–Trinajstić information content (AvgIpc) is 1.65. The maximum Gasteiger partial charge on any atom is 0.168 e. The van der Waals surface area contributed by atoms with E-state index in [1.54, 1.807) is 6.08 Å². The molecule has 19 aromatic rings. The minimum absolute atomic E-state index is 0.440. The number of furan rings is 3. The van der Waals surface area contributed by atoms with E-state index in [1.165, 1.54) is 32.8 Å². The maximum atomic E-state index is 6.87. The van der Waals surface area contributed by atoms with Gasteiger partial charge >= 0.3 is 0 Å². The molecule has 95 heavy (non-hydrogen) atoms. The van der Waals surface area contributed by atoms with Crippen molar-refractivity contribution in [3.8, 4) is 90.0 Å². The highest BCUT2D eigenvalue weighted by Crippen LogP contribution is 2.45. The van der Waals surface area contributed by atoms with Crippen molar-refractivity contribution >= 4 is 105 Å². The third kappa shape index (κ3) is 8.80. The Balaban J connectivity index is 0.781.